The number of aliphatic imine (C=N–C) groups is 1. The van der Waals surface area contributed by atoms with Crippen LogP contribution in [-0.4, -0.2) is 31.4 Å². The van der Waals surface area contributed by atoms with Crippen molar-refractivity contribution in [3.05, 3.63) is 24.3 Å². The van der Waals surface area contributed by atoms with Gasteiger partial charge in [0.15, 0.2) is 5.96 Å². The number of carbonyl (C=O) groups excluding carboxylic acids is 1. The maximum absolute atomic E-state index is 12.0. The number of halogens is 4. The summed E-state index contributed by atoms with van der Waals surface area (Å²) in [5.74, 6) is -0.527. The Kier molecular flexibility index (Phi) is 10.2. The van der Waals surface area contributed by atoms with Crippen molar-refractivity contribution in [2.75, 3.05) is 18.5 Å². The van der Waals surface area contributed by atoms with Crippen molar-refractivity contribution in [1.82, 2.24) is 0 Å². The summed E-state index contributed by atoms with van der Waals surface area (Å²) in [5, 5.41) is 2.72. The zero-order valence-corrected chi connectivity index (χ0v) is 15.3. The molecular formula is C14H19F3IN3O3. The Bertz CT molecular complexity index is 536. The highest BCUT2D eigenvalue weighted by Gasteiger charge is 2.30. The van der Waals surface area contributed by atoms with Crippen LogP contribution in [-0.2, 0) is 9.53 Å². The molecule has 0 aliphatic carbocycles. The van der Waals surface area contributed by atoms with Crippen LogP contribution in [0.25, 0.3) is 0 Å². The highest BCUT2D eigenvalue weighted by atomic mass is 127. The quantitative estimate of drug-likeness (QED) is 0.214. The third-order valence-corrected chi connectivity index (χ3v) is 2.49. The lowest BCUT2D eigenvalue weighted by Crippen LogP contribution is -2.23. The van der Waals surface area contributed by atoms with E-state index in [0.717, 1.165) is 12.1 Å². The lowest BCUT2D eigenvalue weighted by Gasteiger charge is -2.10. The highest BCUT2D eigenvalue weighted by molar-refractivity contribution is 14.0. The minimum Gasteiger partial charge on any atom is -0.466 e. The van der Waals surface area contributed by atoms with E-state index in [1.807, 2.05) is 0 Å². The number of anilines is 1. The van der Waals surface area contributed by atoms with E-state index in [2.05, 4.69) is 15.0 Å². The normalized spacial score (nSPS) is 11.4. The van der Waals surface area contributed by atoms with Crippen molar-refractivity contribution in [3.63, 3.8) is 0 Å². The minimum absolute atomic E-state index is 0. The van der Waals surface area contributed by atoms with Crippen molar-refractivity contribution in [2.24, 2.45) is 10.7 Å². The number of esters is 1. The van der Waals surface area contributed by atoms with Crippen molar-refractivity contribution in [1.29, 1.82) is 0 Å². The van der Waals surface area contributed by atoms with Gasteiger partial charge in [0.05, 0.1) is 6.61 Å². The van der Waals surface area contributed by atoms with Gasteiger partial charge in [0.1, 0.15) is 5.75 Å². The summed E-state index contributed by atoms with van der Waals surface area (Å²) < 4.78 is 44.6. The summed E-state index contributed by atoms with van der Waals surface area (Å²) in [6, 6.07) is 5.07. The maximum Gasteiger partial charge on any atom is 0.573 e. The molecule has 0 heterocycles. The molecule has 0 atom stereocenters. The van der Waals surface area contributed by atoms with Gasteiger partial charge in [-0.05, 0) is 37.6 Å². The number of rotatable bonds is 7. The van der Waals surface area contributed by atoms with Gasteiger partial charge in [-0.3, -0.25) is 9.79 Å². The number of nitrogens with one attached hydrogen (secondary N) is 1. The van der Waals surface area contributed by atoms with Crippen LogP contribution in [0.15, 0.2) is 29.3 Å². The van der Waals surface area contributed by atoms with E-state index in [1.54, 1.807) is 6.92 Å². The molecule has 0 saturated heterocycles. The van der Waals surface area contributed by atoms with Gasteiger partial charge in [-0.25, -0.2) is 0 Å². The molecule has 24 heavy (non-hydrogen) atoms. The smallest absolute Gasteiger partial charge is 0.466 e. The second-order valence-corrected chi connectivity index (χ2v) is 4.37. The number of nitrogens with two attached hydrogens (primary N) is 1. The van der Waals surface area contributed by atoms with Crippen molar-refractivity contribution in [2.45, 2.75) is 26.1 Å². The first-order chi connectivity index (χ1) is 10.8. The molecular weight excluding hydrogens is 442 g/mol. The lowest BCUT2D eigenvalue weighted by molar-refractivity contribution is -0.274. The van der Waals surface area contributed by atoms with Crippen molar-refractivity contribution in [3.8, 4) is 5.75 Å². The second kappa shape index (κ2) is 10.9. The van der Waals surface area contributed by atoms with Crippen LogP contribution in [0.3, 0.4) is 0 Å². The molecule has 1 aromatic carbocycles. The Hall–Kier alpha value is -1.72. The van der Waals surface area contributed by atoms with Gasteiger partial charge in [-0.2, -0.15) is 0 Å². The summed E-state index contributed by atoms with van der Waals surface area (Å²) >= 11 is 0. The Morgan fingerprint density at radius 1 is 1.29 bits per heavy atom. The molecule has 10 heteroatoms. The predicted molar refractivity (Wildman–Crippen MR) is 94.5 cm³/mol. The maximum atomic E-state index is 12.0. The zero-order valence-electron chi connectivity index (χ0n) is 12.9. The molecule has 3 N–H and O–H groups in total. The third kappa shape index (κ3) is 10.1. The topological polar surface area (TPSA) is 85.9 Å². The van der Waals surface area contributed by atoms with Crippen LogP contribution >= 0.6 is 24.0 Å². The average molecular weight is 461 g/mol. The fourth-order valence-corrected chi connectivity index (χ4v) is 1.58. The van der Waals surface area contributed by atoms with E-state index in [4.69, 9.17) is 10.5 Å². The molecule has 0 unspecified atom stereocenters. The first-order valence-corrected chi connectivity index (χ1v) is 6.88. The standard InChI is InChI=1S/C14H18F3N3O3.HI/c1-2-22-12(21)4-3-9-19-13(18)20-10-5-7-11(8-6-10)23-14(15,16)17;/h5-8H,2-4,9H2,1H3,(H3,18,19,20);1H. The fraction of sp³-hybridized carbons (Fsp3) is 0.429. The molecule has 0 radical (unpaired) electrons. The van der Waals surface area contributed by atoms with Crippen molar-refractivity contribution >= 4 is 41.6 Å². The average Bonchev–Trinajstić information content (AvgIpc) is 2.44. The largest absolute Gasteiger partial charge is 0.573 e. The minimum atomic E-state index is -4.73. The lowest BCUT2D eigenvalue weighted by atomic mass is 10.3. The molecule has 0 fully saturated rings. The number of benzene rings is 1. The zero-order chi connectivity index (χ0) is 17.3. The predicted octanol–water partition coefficient (Wildman–Crippen LogP) is 3.27. The number of carbonyl (C=O) groups is 1. The van der Waals surface area contributed by atoms with E-state index in [0.29, 0.717) is 25.3 Å². The number of hydrogen-bond acceptors (Lipinski definition) is 4. The third-order valence-electron chi connectivity index (χ3n) is 2.49. The van der Waals surface area contributed by atoms with E-state index in [1.165, 1.54) is 12.1 Å². The van der Waals surface area contributed by atoms with Crippen LogP contribution in [0.5, 0.6) is 5.75 Å². The van der Waals surface area contributed by atoms with E-state index < -0.39 is 6.36 Å². The molecule has 0 bridgehead atoms. The first kappa shape index (κ1) is 22.3. The fourth-order valence-electron chi connectivity index (χ4n) is 1.58. The van der Waals surface area contributed by atoms with Gasteiger partial charge in [-0.1, -0.05) is 0 Å². The number of nitrogens with zero attached hydrogens (tertiary/aromatic N) is 1. The van der Waals surface area contributed by atoms with E-state index in [-0.39, 0.29) is 48.1 Å². The second-order valence-electron chi connectivity index (χ2n) is 4.37. The Balaban J connectivity index is 0.00000529. The summed E-state index contributed by atoms with van der Waals surface area (Å²) in [6.07, 6.45) is -4.00. The van der Waals surface area contributed by atoms with Gasteiger partial charge >= 0.3 is 12.3 Å². The van der Waals surface area contributed by atoms with Gasteiger partial charge in [0.2, 0.25) is 0 Å². The molecule has 0 saturated carbocycles. The Morgan fingerprint density at radius 2 is 1.92 bits per heavy atom. The van der Waals surface area contributed by atoms with Crippen LogP contribution in [0, 0.1) is 0 Å². The van der Waals surface area contributed by atoms with Crippen LogP contribution in [0.2, 0.25) is 0 Å². The molecule has 6 nitrogen and oxygen atoms in total. The highest BCUT2D eigenvalue weighted by Crippen LogP contribution is 2.23. The van der Waals surface area contributed by atoms with Gasteiger partial charge in [-0.15, -0.1) is 37.1 Å². The molecule has 0 spiro atoms. The number of alkyl halides is 3. The molecule has 0 aliphatic heterocycles. The monoisotopic (exact) mass is 461 g/mol. The van der Waals surface area contributed by atoms with Gasteiger partial charge in [0, 0.05) is 18.7 Å². The summed E-state index contributed by atoms with van der Waals surface area (Å²) in [5.41, 5.74) is 6.10. The number of ether oxygens (including phenoxy) is 2. The van der Waals surface area contributed by atoms with Crippen LogP contribution in [0.4, 0.5) is 18.9 Å². The first-order valence-electron chi connectivity index (χ1n) is 6.88. The van der Waals surface area contributed by atoms with Gasteiger partial charge in [0.25, 0.3) is 0 Å². The molecule has 136 valence electrons. The molecule has 1 aromatic rings. The van der Waals surface area contributed by atoms with Gasteiger partial charge < -0.3 is 20.5 Å². The molecule has 0 aromatic heterocycles. The summed E-state index contributed by atoms with van der Waals surface area (Å²) in [7, 11) is 0. The SMILES string of the molecule is CCOC(=O)CCCN=C(N)Nc1ccc(OC(F)(F)F)cc1.I. The summed E-state index contributed by atoms with van der Waals surface area (Å²) in [6.45, 7) is 2.38. The number of guanidine groups is 1. The van der Waals surface area contributed by atoms with Crippen LogP contribution < -0.4 is 15.8 Å². The molecule has 1 rings (SSSR count). The molecule has 0 amide bonds. The number of hydrogen-bond donors (Lipinski definition) is 2. The molecule has 0 aliphatic rings. The van der Waals surface area contributed by atoms with Crippen LogP contribution in [0.1, 0.15) is 19.8 Å². The van der Waals surface area contributed by atoms with E-state index in [9.17, 15) is 18.0 Å². The van der Waals surface area contributed by atoms with E-state index >= 15 is 0 Å². The van der Waals surface area contributed by atoms with Crippen molar-refractivity contribution < 1.29 is 27.4 Å². The Morgan fingerprint density at radius 3 is 2.46 bits per heavy atom. The Labute approximate surface area is 154 Å². The summed E-state index contributed by atoms with van der Waals surface area (Å²) in [4.78, 5) is 15.1.